The second-order valence-corrected chi connectivity index (χ2v) is 29.9. The maximum Gasteiger partial charge on any atom is 0.472 e. The molecule has 0 aliphatic heterocycles. The third kappa shape index (κ3) is 77.1. The van der Waals surface area contributed by atoms with E-state index in [0.717, 1.165) is 167 Å². The van der Waals surface area contributed by atoms with Crippen LogP contribution in [0.15, 0.2) is 146 Å². The summed E-state index contributed by atoms with van der Waals surface area (Å²) in [6.45, 7) is 4.58. The lowest BCUT2D eigenvalue weighted by molar-refractivity contribution is -0.161. The fourth-order valence-corrected chi connectivity index (χ4v) is 12.1. The van der Waals surface area contributed by atoms with Crippen LogP contribution in [0.3, 0.4) is 0 Å². The molecule has 0 saturated carbocycles. The summed E-state index contributed by atoms with van der Waals surface area (Å²) in [6.07, 6.45) is 89.8. The van der Waals surface area contributed by atoms with Crippen molar-refractivity contribution < 1.29 is 80.2 Å². The topological polar surface area (TPSA) is 237 Å². The Hall–Kier alpha value is -5.06. The Balaban J connectivity index is 5.47. The Kier molecular flexibility index (Phi) is 74.3. The molecule has 0 aromatic carbocycles. The molecule has 0 saturated heterocycles. The average Bonchev–Trinajstić information content (AvgIpc) is 0.902. The molecule has 17 nitrogen and oxygen atoms in total. The van der Waals surface area contributed by atoms with Gasteiger partial charge in [0.15, 0.2) is 12.2 Å². The molecule has 0 aliphatic carbocycles. The van der Waals surface area contributed by atoms with Crippen LogP contribution in [0, 0.1) is 0 Å². The Bertz CT molecular complexity index is 2580. The van der Waals surface area contributed by atoms with E-state index in [2.05, 4.69) is 155 Å². The smallest absolute Gasteiger partial charge is 0.462 e. The first-order valence-corrected chi connectivity index (χ1v) is 44.1. The number of aliphatic hydroxyl groups is 1. The summed E-state index contributed by atoms with van der Waals surface area (Å²) in [5.74, 6) is -2.32. The summed E-state index contributed by atoms with van der Waals surface area (Å²) in [4.78, 5) is 73.1. The van der Waals surface area contributed by atoms with Crippen molar-refractivity contribution >= 4 is 39.5 Å². The van der Waals surface area contributed by atoms with Crippen LogP contribution in [0.4, 0.5) is 0 Å². The van der Waals surface area contributed by atoms with Crippen molar-refractivity contribution in [3.63, 3.8) is 0 Å². The second-order valence-electron chi connectivity index (χ2n) is 27.0. The lowest BCUT2D eigenvalue weighted by Gasteiger charge is -2.21. The molecule has 0 rings (SSSR count). The molecule has 0 heterocycles. The monoisotopic (exact) mass is 1530 g/mol. The summed E-state index contributed by atoms with van der Waals surface area (Å²) in [7, 11) is -10.0. The number of carbonyl (C=O) groups is 4. The van der Waals surface area contributed by atoms with Crippen LogP contribution in [0.5, 0.6) is 0 Å². The van der Waals surface area contributed by atoms with Crippen LogP contribution in [0.1, 0.15) is 323 Å². The van der Waals surface area contributed by atoms with E-state index in [1.807, 2.05) is 18.2 Å². The summed E-state index contributed by atoms with van der Waals surface area (Å²) in [5, 5.41) is 10.6. The molecule has 0 fully saturated rings. The van der Waals surface area contributed by atoms with Crippen molar-refractivity contribution in [1.29, 1.82) is 0 Å². The van der Waals surface area contributed by atoms with Crippen LogP contribution in [0.25, 0.3) is 0 Å². The van der Waals surface area contributed by atoms with Crippen molar-refractivity contribution in [1.82, 2.24) is 0 Å². The van der Waals surface area contributed by atoms with Crippen LogP contribution < -0.4 is 0 Å². The summed E-state index contributed by atoms with van der Waals surface area (Å²) < 4.78 is 68.6. The number of ether oxygens (including phenoxy) is 4. The molecular weight excluding hydrogens is 1380 g/mol. The van der Waals surface area contributed by atoms with Gasteiger partial charge in [0.25, 0.3) is 0 Å². The van der Waals surface area contributed by atoms with E-state index in [1.54, 1.807) is 0 Å². The number of unbranched alkanes of at least 4 members (excludes halogenated alkanes) is 26. The minimum atomic E-state index is -5.01. The predicted molar refractivity (Wildman–Crippen MR) is 436 cm³/mol. The minimum absolute atomic E-state index is 0.0336. The van der Waals surface area contributed by atoms with Gasteiger partial charge in [-0.15, -0.1) is 0 Å². The van der Waals surface area contributed by atoms with Gasteiger partial charge in [-0.2, -0.15) is 0 Å². The molecule has 0 spiro atoms. The molecule has 0 aromatic heterocycles. The van der Waals surface area contributed by atoms with Crippen molar-refractivity contribution in [2.75, 3.05) is 39.6 Å². The van der Waals surface area contributed by atoms with Crippen molar-refractivity contribution in [3.8, 4) is 0 Å². The normalized spacial score (nSPS) is 14.6. The lowest BCUT2D eigenvalue weighted by Crippen LogP contribution is -2.30. The highest BCUT2D eigenvalue weighted by molar-refractivity contribution is 7.47. The van der Waals surface area contributed by atoms with Crippen molar-refractivity contribution in [2.45, 2.75) is 341 Å². The highest BCUT2D eigenvalue weighted by atomic mass is 31.2. The summed E-state index contributed by atoms with van der Waals surface area (Å²) in [6, 6.07) is 0. The number of rotatable bonds is 76. The van der Waals surface area contributed by atoms with Gasteiger partial charge in [0.05, 0.1) is 26.4 Å². The average molecular weight is 1530 g/mol. The number of hydrogen-bond acceptors (Lipinski definition) is 15. The van der Waals surface area contributed by atoms with Gasteiger partial charge >= 0.3 is 39.5 Å². The molecular formula is C87H146O17P2. The van der Waals surface area contributed by atoms with E-state index in [9.17, 15) is 43.2 Å². The molecule has 606 valence electrons. The number of phosphoric ester groups is 2. The fourth-order valence-electron chi connectivity index (χ4n) is 10.5. The van der Waals surface area contributed by atoms with Gasteiger partial charge in [-0.3, -0.25) is 37.3 Å². The van der Waals surface area contributed by atoms with Crippen molar-refractivity contribution in [3.05, 3.63) is 146 Å². The largest absolute Gasteiger partial charge is 0.472 e. The predicted octanol–water partition coefficient (Wildman–Crippen LogP) is 24.2. The quantitative estimate of drug-likeness (QED) is 0.0169. The summed E-state index contributed by atoms with van der Waals surface area (Å²) in [5.41, 5.74) is 0. The first kappa shape index (κ1) is 101. The number of hydrogen-bond donors (Lipinski definition) is 3. The lowest BCUT2D eigenvalue weighted by atomic mass is 10.1. The van der Waals surface area contributed by atoms with Gasteiger partial charge in [-0.25, -0.2) is 9.13 Å². The number of carbonyl (C=O) groups excluding carboxylic acids is 4. The van der Waals surface area contributed by atoms with E-state index < -0.39 is 97.5 Å². The number of allylic oxidation sites excluding steroid dienone is 24. The molecule has 0 amide bonds. The van der Waals surface area contributed by atoms with Crippen LogP contribution >= 0.6 is 15.6 Å². The third-order valence-corrected chi connectivity index (χ3v) is 18.7. The zero-order valence-corrected chi connectivity index (χ0v) is 68.1. The number of esters is 4. The molecule has 0 aliphatic rings. The van der Waals surface area contributed by atoms with Gasteiger partial charge < -0.3 is 33.8 Å². The van der Waals surface area contributed by atoms with Gasteiger partial charge in [0.2, 0.25) is 0 Å². The molecule has 0 aromatic rings. The second kappa shape index (κ2) is 78.1. The zero-order valence-electron chi connectivity index (χ0n) is 66.3. The van der Waals surface area contributed by atoms with Crippen LogP contribution in [-0.4, -0.2) is 96.7 Å². The van der Waals surface area contributed by atoms with E-state index in [4.69, 9.17) is 37.0 Å². The molecule has 0 radical (unpaired) electrons. The maximum absolute atomic E-state index is 13.1. The van der Waals surface area contributed by atoms with Crippen LogP contribution in [0.2, 0.25) is 0 Å². The molecule has 3 N–H and O–H groups in total. The molecule has 106 heavy (non-hydrogen) atoms. The third-order valence-electron chi connectivity index (χ3n) is 16.8. The van der Waals surface area contributed by atoms with Crippen LogP contribution in [-0.2, 0) is 65.4 Å². The van der Waals surface area contributed by atoms with Gasteiger partial charge in [0, 0.05) is 25.7 Å². The SMILES string of the molecule is CC/C=C\C/C=C\C/C=C\C/C=C\C/C=C\CCCCCC(=O)OC[C@H](COP(=O)(O)OC[C@@H](O)COP(=O)(O)OC[C@@H](COC(=O)CCCCCCC/C=C\CCCCCC)OC(=O)CC/C=C\C/C=C\C/C=C\C/C=C\C/C=C\CCCCC)OC(=O)CCCCCCCCC/C=C\CCCCCC. The van der Waals surface area contributed by atoms with E-state index >= 15 is 0 Å². The highest BCUT2D eigenvalue weighted by Crippen LogP contribution is 2.45. The molecule has 0 bridgehead atoms. The number of aliphatic hydroxyl groups excluding tert-OH is 1. The first-order valence-electron chi connectivity index (χ1n) is 41.1. The van der Waals surface area contributed by atoms with Gasteiger partial charge in [0.1, 0.15) is 19.3 Å². The Morgan fingerprint density at radius 2 is 0.509 bits per heavy atom. The van der Waals surface area contributed by atoms with E-state index in [0.29, 0.717) is 32.1 Å². The van der Waals surface area contributed by atoms with Crippen molar-refractivity contribution in [2.24, 2.45) is 0 Å². The standard InChI is InChI=1S/C87H146O17P2/c1-5-9-13-17-21-25-29-33-36-38-40-42-45-48-52-56-60-64-68-72-85(90)98-78-83(103-86(91)73-69-65-61-57-53-49-44-35-31-27-23-19-15-11-7-3)80-102-106(95,96)100-76-81(88)75-99-105(93,94)101-79-82(77-97-84(89)71-67-63-59-55-51-47-32-28-24-20-16-12-8-4)104-87(92)74-70-66-62-58-54-50-46-43-41-39-37-34-30-26-22-18-14-10-6-2/h9,13,21-22,25-28,31-34,36-37,40-43,48,50,52,54,62,66,81-83,88H,5-8,10-12,14-20,23-24,29-30,35,38-39,44-47,49,51,53,55-61,63-65,67-80H2,1-4H3,(H,93,94)(H,95,96)/b13-9-,25-21-,26-22-,31-27-,32-28-,36-33-,37-34-,42-40-,43-41-,52-48-,54-50-,66-62-/t81-,82+,83+/m0/s1. The first-order chi connectivity index (χ1) is 51.7. The van der Waals surface area contributed by atoms with Gasteiger partial charge in [-0.1, -0.05) is 283 Å². The number of phosphoric acid groups is 2. The highest BCUT2D eigenvalue weighted by Gasteiger charge is 2.30. The summed E-state index contributed by atoms with van der Waals surface area (Å²) >= 11 is 0. The Morgan fingerprint density at radius 3 is 0.849 bits per heavy atom. The maximum atomic E-state index is 13.1. The minimum Gasteiger partial charge on any atom is -0.462 e. The molecule has 5 atom stereocenters. The Morgan fingerprint density at radius 1 is 0.274 bits per heavy atom. The van der Waals surface area contributed by atoms with Gasteiger partial charge in [-0.05, 0) is 161 Å². The zero-order chi connectivity index (χ0) is 77.4. The van der Waals surface area contributed by atoms with E-state index in [-0.39, 0.29) is 25.7 Å². The fraction of sp³-hybridized carbons (Fsp3) is 0.678. The molecule has 19 heteroatoms. The molecule has 2 unspecified atom stereocenters. The Labute approximate surface area is 643 Å². The van der Waals surface area contributed by atoms with E-state index in [1.165, 1.54) is 70.6 Å².